The largest absolute Gasteiger partial charge is 0.484 e. The Kier molecular flexibility index (Phi) is 4.06. The van der Waals surface area contributed by atoms with Gasteiger partial charge < -0.3 is 9.64 Å². The third kappa shape index (κ3) is 2.73. The van der Waals surface area contributed by atoms with Crippen LogP contribution in [-0.2, 0) is 6.42 Å². The van der Waals surface area contributed by atoms with Crippen LogP contribution in [-0.4, -0.2) is 36.9 Å². The van der Waals surface area contributed by atoms with E-state index >= 15 is 0 Å². The number of piperidine rings is 1. The number of carbonyl (C=O) groups is 1. The highest BCUT2D eigenvalue weighted by Crippen LogP contribution is 2.32. The van der Waals surface area contributed by atoms with Gasteiger partial charge in [0.15, 0.2) is 6.61 Å². The van der Waals surface area contributed by atoms with Crippen LogP contribution in [0, 0.1) is 6.92 Å². The number of carbonyl (C=O) groups excluding carboxylic acids is 1. The van der Waals surface area contributed by atoms with Gasteiger partial charge in [-0.3, -0.25) is 4.79 Å². The monoisotopic (exact) mass is 273 g/mol. The van der Waals surface area contributed by atoms with Gasteiger partial charge in [0.2, 0.25) is 5.78 Å². The molecule has 0 unspecified atom stereocenters. The molecule has 0 amide bonds. The standard InChI is InChI=1S/C17H23NO2/c1-13-7-8-15-16(19)12-20-17(15)14(13)6-5-11-18-9-3-2-4-10-18/h7-8H,2-6,9-12H2,1H3. The summed E-state index contributed by atoms with van der Waals surface area (Å²) in [7, 11) is 0. The van der Waals surface area contributed by atoms with Crippen LogP contribution in [0.25, 0.3) is 0 Å². The molecule has 1 fully saturated rings. The van der Waals surface area contributed by atoms with Gasteiger partial charge in [0, 0.05) is 0 Å². The zero-order valence-electron chi connectivity index (χ0n) is 12.3. The summed E-state index contributed by atoms with van der Waals surface area (Å²) < 4.78 is 5.60. The van der Waals surface area contributed by atoms with Gasteiger partial charge in [-0.1, -0.05) is 12.5 Å². The highest BCUT2D eigenvalue weighted by Gasteiger charge is 2.24. The summed E-state index contributed by atoms with van der Waals surface area (Å²) >= 11 is 0. The van der Waals surface area contributed by atoms with E-state index in [4.69, 9.17) is 4.74 Å². The van der Waals surface area contributed by atoms with Crippen molar-refractivity contribution in [2.75, 3.05) is 26.2 Å². The van der Waals surface area contributed by atoms with Crippen molar-refractivity contribution in [3.8, 4) is 5.75 Å². The normalized spacial score (nSPS) is 18.9. The van der Waals surface area contributed by atoms with E-state index in [1.165, 1.54) is 43.5 Å². The minimum atomic E-state index is 0.122. The molecule has 0 spiro atoms. The number of nitrogens with zero attached hydrogens (tertiary/aromatic N) is 1. The summed E-state index contributed by atoms with van der Waals surface area (Å²) in [6.07, 6.45) is 6.24. The van der Waals surface area contributed by atoms with Crippen molar-refractivity contribution in [2.24, 2.45) is 0 Å². The van der Waals surface area contributed by atoms with Crippen LogP contribution in [0.3, 0.4) is 0 Å². The third-order valence-electron chi connectivity index (χ3n) is 4.49. The molecule has 0 atom stereocenters. The quantitative estimate of drug-likeness (QED) is 0.844. The van der Waals surface area contributed by atoms with E-state index in [0.717, 1.165) is 30.7 Å². The molecule has 0 radical (unpaired) electrons. The Hall–Kier alpha value is -1.35. The van der Waals surface area contributed by atoms with Gasteiger partial charge >= 0.3 is 0 Å². The average molecular weight is 273 g/mol. The molecule has 3 rings (SSSR count). The Morgan fingerprint density at radius 3 is 2.80 bits per heavy atom. The highest BCUT2D eigenvalue weighted by atomic mass is 16.5. The van der Waals surface area contributed by atoms with E-state index in [9.17, 15) is 4.79 Å². The molecule has 0 N–H and O–H groups in total. The summed E-state index contributed by atoms with van der Waals surface area (Å²) in [5, 5.41) is 0. The molecule has 1 saturated heterocycles. The lowest BCUT2D eigenvalue weighted by atomic mass is 9.98. The van der Waals surface area contributed by atoms with Gasteiger partial charge in [0.05, 0.1) is 5.56 Å². The number of likely N-dealkylation sites (tertiary alicyclic amines) is 1. The molecule has 3 nitrogen and oxygen atoms in total. The molecule has 0 saturated carbocycles. The molecule has 3 heteroatoms. The smallest absolute Gasteiger partial charge is 0.203 e. The first kappa shape index (κ1) is 13.6. The summed E-state index contributed by atoms with van der Waals surface area (Å²) in [4.78, 5) is 14.3. The first-order chi connectivity index (χ1) is 9.75. The molecule has 2 aliphatic rings. The molecule has 0 aromatic heterocycles. The van der Waals surface area contributed by atoms with Crippen LogP contribution in [0.15, 0.2) is 12.1 Å². The van der Waals surface area contributed by atoms with Crippen molar-refractivity contribution in [2.45, 2.75) is 39.0 Å². The van der Waals surface area contributed by atoms with Crippen molar-refractivity contribution in [3.63, 3.8) is 0 Å². The summed E-state index contributed by atoms with van der Waals surface area (Å²) in [6, 6.07) is 3.97. The maximum atomic E-state index is 11.7. The highest BCUT2D eigenvalue weighted by molar-refractivity contribution is 6.02. The minimum absolute atomic E-state index is 0.122. The number of benzene rings is 1. The van der Waals surface area contributed by atoms with E-state index in [2.05, 4.69) is 17.9 Å². The number of fused-ring (bicyclic) bond motifs is 1. The fraction of sp³-hybridized carbons (Fsp3) is 0.588. The van der Waals surface area contributed by atoms with Gasteiger partial charge in [-0.05, 0) is 69.4 Å². The Labute approximate surface area is 120 Å². The predicted octanol–water partition coefficient (Wildman–Crippen LogP) is 2.99. The SMILES string of the molecule is Cc1ccc2c(c1CCCN1CCCCC1)OCC2=O. The van der Waals surface area contributed by atoms with Crippen LogP contribution in [0.2, 0.25) is 0 Å². The van der Waals surface area contributed by atoms with Gasteiger partial charge in [0.25, 0.3) is 0 Å². The molecule has 1 aromatic carbocycles. The lowest BCUT2D eigenvalue weighted by Crippen LogP contribution is -2.30. The van der Waals surface area contributed by atoms with Gasteiger partial charge in [0.1, 0.15) is 5.75 Å². The second-order valence-corrected chi connectivity index (χ2v) is 5.96. The fourth-order valence-corrected chi connectivity index (χ4v) is 3.30. The first-order valence-electron chi connectivity index (χ1n) is 7.76. The van der Waals surface area contributed by atoms with Crippen molar-refractivity contribution in [1.29, 1.82) is 0 Å². The lowest BCUT2D eigenvalue weighted by Gasteiger charge is -2.26. The number of rotatable bonds is 4. The average Bonchev–Trinajstić information content (AvgIpc) is 2.84. The van der Waals surface area contributed by atoms with E-state index in [1.54, 1.807) is 0 Å². The van der Waals surface area contributed by atoms with Crippen LogP contribution in [0.1, 0.15) is 47.2 Å². The summed E-state index contributed by atoms with van der Waals surface area (Å²) in [5.41, 5.74) is 3.27. The number of aryl methyl sites for hydroxylation is 1. The van der Waals surface area contributed by atoms with Crippen molar-refractivity contribution in [3.05, 3.63) is 28.8 Å². The Morgan fingerprint density at radius 2 is 2.00 bits per heavy atom. The Morgan fingerprint density at radius 1 is 1.20 bits per heavy atom. The Bertz CT molecular complexity index is 504. The minimum Gasteiger partial charge on any atom is -0.484 e. The number of hydrogen-bond donors (Lipinski definition) is 0. The van der Waals surface area contributed by atoms with E-state index in [-0.39, 0.29) is 12.4 Å². The van der Waals surface area contributed by atoms with E-state index < -0.39 is 0 Å². The van der Waals surface area contributed by atoms with Crippen molar-refractivity contribution < 1.29 is 9.53 Å². The first-order valence-corrected chi connectivity index (χ1v) is 7.76. The molecular formula is C17H23NO2. The molecular weight excluding hydrogens is 250 g/mol. The molecule has 0 aliphatic carbocycles. The second-order valence-electron chi connectivity index (χ2n) is 5.96. The number of hydrogen-bond acceptors (Lipinski definition) is 3. The maximum absolute atomic E-state index is 11.7. The summed E-state index contributed by atoms with van der Waals surface area (Å²) in [6.45, 7) is 6.00. The molecule has 2 aliphatic heterocycles. The third-order valence-corrected chi connectivity index (χ3v) is 4.49. The zero-order chi connectivity index (χ0) is 13.9. The van der Waals surface area contributed by atoms with Gasteiger partial charge in [-0.2, -0.15) is 0 Å². The Balaban J connectivity index is 1.64. The predicted molar refractivity (Wildman–Crippen MR) is 79.6 cm³/mol. The van der Waals surface area contributed by atoms with Crippen LogP contribution in [0.4, 0.5) is 0 Å². The topological polar surface area (TPSA) is 29.5 Å². The fourth-order valence-electron chi connectivity index (χ4n) is 3.30. The summed E-state index contributed by atoms with van der Waals surface area (Å²) in [5.74, 6) is 0.978. The molecule has 20 heavy (non-hydrogen) atoms. The number of ketones is 1. The second kappa shape index (κ2) is 5.96. The molecule has 0 bridgehead atoms. The van der Waals surface area contributed by atoms with Gasteiger partial charge in [-0.15, -0.1) is 0 Å². The molecule has 108 valence electrons. The molecule has 2 heterocycles. The van der Waals surface area contributed by atoms with Crippen molar-refractivity contribution in [1.82, 2.24) is 4.90 Å². The van der Waals surface area contributed by atoms with Gasteiger partial charge in [-0.25, -0.2) is 0 Å². The zero-order valence-corrected chi connectivity index (χ0v) is 12.3. The van der Waals surface area contributed by atoms with E-state index in [0.29, 0.717) is 0 Å². The van der Waals surface area contributed by atoms with Crippen LogP contribution < -0.4 is 4.74 Å². The van der Waals surface area contributed by atoms with Crippen LogP contribution in [0.5, 0.6) is 5.75 Å². The van der Waals surface area contributed by atoms with Crippen molar-refractivity contribution >= 4 is 5.78 Å². The van der Waals surface area contributed by atoms with Crippen LogP contribution >= 0.6 is 0 Å². The lowest BCUT2D eigenvalue weighted by molar-refractivity contribution is 0.0961. The van der Waals surface area contributed by atoms with E-state index in [1.807, 2.05) is 6.07 Å². The number of Topliss-reactive ketones (excluding diaryl/α,β-unsaturated/α-hetero) is 1. The number of ether oxygens (including phenoxy) is 1. The maximum Gasteiger partial charge on any atom is 0.203 e. The molecule has 1 aromatic rings.